The zero-order chi connectivity index (χ0) is 9.26. The van der Waals surface area contributed by atoms with Crippen molar-refractivity contribution in [2.75, 3.05) is 6.54 Å². The van der Waals surface area contributed by atoms with Crippen LogP contribution in [0.1, 0.15) is 31.1 Å². The van der Waals surface area contributed by atoms with Gasteiger partial charge in [-0.1, -0.05) is 0 Å². The van der Waals surface area contributed by atoms with E-state index in [9.17, 15) is 0 Å². The van der Waals surface area contributed by atoms with Crippen LogP contribution in [0.4, 0.5) is 0 Å². The quantitative estimate of drug-likeness (QED) is 0.863. The highest BCUT2D eigenvalue weighted by atomic mass is 79.9. The highest BCUT2D eigenvalue weighted by Crippen LogP contribution is 2.30. The highest BCUT2D eigenvalue weighted by Gasteiger charge is 2.21. The van der Waals surface area contributed by atoms with E-state index in [0.29, 0.717) is 6.04 Å². The molecule has 0 spiro atoms. The number of rotatable bonds is 2. The van der Waals surface area contributed by atoms with Crippen LogP contribution in [0.25, 0.3) is 0 Å². The molecule has 2 N–H and O–H groups in total. The number of fused-ring (bicyclic) bond motifs is 1. The van der Waals surface area contributed by atoms with Gasteiger partial charge in [-0.2, -0.15) is 0 Å². The molecule has 0 radical (unpaired) electrons. The first kappa shape index (κ1) is 9.21. The van der Waals surface area contributed by atoms with Gasteiger partial charge in [0.2, 0.25) is 0 Å². The fraction of sp³-hybridized carbons (Fsp3) is 0.667. The van der Waals surface area contributed by atoms with Crippen molar-refractivity contribution in [3.63, 3.8) is 0 Å². The van der Waals surface area contributed by atoms with Crippen molar-refractivity contribution in [3.05, 3.63) is 16.6 Å². The molecular weight excluding hydrogens is 230 g/mol. The summed E-state index contributed by atoms with van der Waals surface area (Å²) < 4.78 is 3.39. The van der Waals surface area contributed by atoms with Crippen molar-refractivity contribution in [2.45, 2.75) is 31.7 Å². The number of nitrogens with zero attached hydrogens (tertiary/aromatic N) is 2. The van der Waals surface area contributed by atoms with Gasteiger partial charge < -0.3 is 10.3 Å². The molecule has 1 atom stereocenters. The van der Waals surface area contributed by atoms with Crippen molar-refractivity contribution < 1.29 is 0 Å². The Morgan fingerprint density at radius 1 is 1.69 bits per heavy atom. The van der Waals surface area contributed by atoms with Crippen molar-refractivity contribution in [1.82, 2.24) is 9.55 Å². The normalized spacial score (nSPS) is 21.5. The summed E-state index contributed by atoms with van der Waals surface area (Å²) in [6.07, 6.45) is 6.53. The Morgan fingerprint density at radius 3 is 3.31 bits per heavy atom. The maximum atomic E-state index is 5.59. The van der Waals surface area contributed by atoms with Crippen molar-refractivity contribution >= 4 is 15.9 Å². The summed E-state index contributed by atoms with van der Waals surface area (Å²) in [6.45, 7) is 0.759. The van der Waals surface area contributed by atoms with E-state index in [-0.39, 0.29) is 0 Å². The Kier molecular flexibility index (Phi) is 2.69. The number of halogens is 1. The first-order valence-corrected chi connectivity index (χ1v) is 5.54. The first-order chi connectivity index (χ1) is 6.33. The molecule has 1 aliphatic heterocycles. The summed E-state index contributed by atoms with van der Waals surface area (Å²) in [5.41, 5.74) is 5.59. The Balaban J connectivity index is 2.29. The van der Waals surface area contributed by atoms with E-state index in [4.69, 9.17) is 5.73 Å². The number of aryl methyl sites for hydroxylation is 1. The van der Waals surface area contributed by atoms with E-state index in [1.807, 2.05) is 6.20 Å². The number of nitrogens with two attached hydrogens (primary N) is 1. The maximum Gasteiger partial charge on any atom is 0.109 e. The third kappa shape index (κ3) is 1.65. The van der Waals surface area contributed by atoms with Gasteiger partial charge in [0.25, 0.3) is 0 Å². The molecule has 3 nitrogen and oxygen atoms in total. The molecule has 0 aliphatic carbocycles. The van der Waals surface area contributed by atoms with Gasteiger partial charge in [0.15, 0.2) is 0 Å². The van der Waals surface area contributed by atoms with Gasteiger partial charge in [-0.15, -0.1) is 0 Å². The number of hydrogen-bond donors (Lipinski definition) is 1. The summed E-state index contributed by atoms with van der Waals surface area (Å²) in [6, 6.07) is 0.561. The van der Waals surface area contributed by atoms with Gasteiger partial charge in [-0.3, -0.25) is 0 Å². The van der Waals surface area contributed by atoms with E-state index in [1.54, 1.807) is 0 Å². The Bertz CT molecular complexity index is 295. The molecule has 0 bridgehead atoms. The Labute approximate surface area is 86.5 Å². The van der Waals surface area contributed by atoms with Crippen molar-refractivity contribution in [1.29, 1.82) is 0 Å². The molecule has 0 fully saturated rings. The molecule has 1 aliphatic rings. The lowest BCUT2D eigenvalue weighted by molar-refractivity contribution is 0.374. The molecular formula is C9H14BrN3. The van der Waals surface area contributed by atoms with Crippen LogP contribution < -0.4 is 5.73 Å². The second-order valence-electron chi connectivity index (χ2n) is 3.49. The minimum Gasteiger partial charge on any atom is -0.330 e. The lowest BCUT2D eigenvalue weighted by Gasteiger charge is -2.25. The molecule has 0 saturated carbocycles. The van der Waals surface area contributed by atoms with E-state index >= 15 is 0 Å². The summed E-state index contributed by atoms with van der Waals surface area (Å²) in [4.78, 5) is 4.36. The molecule has 1 aromatic rings. The monoisotopic (exact) mass is 243 g/mol. The Morgan fingerprint density at radius 2 is 2.54 bits per heavy atom. The van der Waals surface area contributed by atoms with Crippen LogP contribution in [-0.4, -0.2) is 16.1 Å². The predicted octanol–water partition coefficient (Wildman–Crippen LogP) is 1.87. The molecule has 0 saturated heterocycles. The van der Waals surface area contributed by atoms with Crippen LogP contribution in [-0.2, 0) is 6.42 Å². The lowest BCUT2D eigenvalue weighted by Crippen LogP contribution is -2.20. The molecule has 72 valence electrons. The standard InChI is InChI=1S/C9H14BrN3/c10-8-6-12-9-3-1-2-7(4-5-11)13(8)9/h6-7H,1-5,11H2. The van der Waals surface area contributed by atoms with Crippen LogP contribution in [0.15, 0.2) is 10.8 Å². The van der Waals surface area contributed by atoms with Crippen LogP contribution in [0.2, 0.25) is 0 Å². The number of imidazole rings is 1. The second kappa shape index (κ2) is 3.80. The molecule has 0 amide bonds. The third-order valence-corrected chi connectivity index (χ3v) is 3.22. The molecule has 2 rings (SSSR count). The van der Waals surface area contributed by atoms with Crippen LogP contribution in [0, 0.1) is 0 Å². The maximum absolute atomic E-state index is 5.59. The SMILES string of the molecule is NCCC1CCCc2ncc(Br)n21. The zero-order valence-electron chi connectivity index (χ0n) is 7.54. The van der Waals surface area contributed by atoms with Crippen LogP contribution in [0.5, 0.6) is 0 Å². The summed E-state index contributed by atoms with van der Waals surface area (Å²) >= 11 is 3.52. The minimum atomic E-state index is 0.561. The number of aromatic nitrogens is 2. The predicted molar refractivity (Wildman–Crippen MR) is 55.6 cm³/mol. The fourth-order valence-electron chi connectivity index (χ4n) is 2.04. The van der Waals surface area contributed by atoms with Gasteiger partial charge in [-0.25, -0.2) is 4.98 Å². The van der Waals surface area contributed by atoms with Crippen LogP contribution >= 0.6 is 15.9 Å². The third-order valence-electron chi connectivity index (χ3n) is 2.63. The van der Waals surface area contributed by atoms with Crippen molar-refractivity contribution in [3.8, 4) is 0 Å². The van der Waals surface area contributed by atoms with Gasteiger partial charge in [0, 0.05) is 12.5 Å². The zero-order valence-corrected chi connectivity index (χ0v) is 9.13. The largest absolute Gasteiger partial charge is 0.330 e. The average molecular weight is 244 g/mol. The van der Waals surface area contributed by atoms with E-state index in [1.165, 1.54) is 18.7 Å². The van der Waals surface area contributed by atoms with E-state index in [2.05, 4.69) is 25.5 Å². The molecule has 4 heteroatoms. The highest BCUT2D eigenvalue weighted by molar-refractivity contribution is 9.10. The topological polar surface area (TPSA) is 43.8 Å². The molecule has 13 heavy (non-hydrogen) atoms. The van der Waals surface area contributed by atoms with Gasteiger partial charge >= 0.3 is 0 Å². The summed E-state index contributed by atoms with van der Waals surface area (Å²) in [5, 5.41) is 0. The van der Waals surface area contributed by atoms with Gasteiger partial charge in [0.1, 0.15) is 10.4 Å². The van der Waals surface area contributed by atoms with Gasteiger partial charge in [-0.05, 0) is 41.7 Å². The molecule has 1 unspecified atom stereocenters. The Hall–Kier alpha value is -0.350. The van der Waals surface area contributed by atoms with Gasteiger partial charge in [0.05, 0.1) is 6.20 Å². The lowest BCUT2D eigenvalue weighted by atomic mass is 10.0. The molecule has 0 aromatic carbocycles. The van der Waals surface area contributed by atoms with E-state index < -0.39 is 0 Å². The first-order valence-electron chi connectivity index (χ1n) is 4.74. The smallest absolute Gasteiger partial charge is 0.109 e. The molecule has 2 heterocycles. The van der Waals surface area contributed by atoms with Crippen LogP contribution in [0.3, 0.4) is 0 Å². The minimum absolute atomic E-state index is 0.561. The van der Waals surface area contributed by atoms with E-state index in [0.717, 1.165) is 24.0 Å². The van der Waals surface area contributed by atoms with Crippen molar-refractivity contribution in [2.24, 2.45) is 5.73 Å². The fourth-order valence-corrected chi connectivity index (χ4v) is 2.63. The summed E-state index contributed by atoms with van der Waals surface area (Å²) in [7, 11) is 0. The second-order valence-corrected chi connectivity index (χ2v) is 4.30. The molecule has 1 aromatic heterocycles. The summed E-state index contributed by atoms with van der Waals surface area (Å²) in [5.74, 6) is 1.21. The average Bonchev–Trinajstić information content (AvgIpc) is 2.50. The number of hydrogen-bond acceptors (Lipinski definition) is 2.